The van der Waals surface area contributed by atoms with Crippen molar-refractivity contribution < 1.29 is 19.0 Å². The van der Waals surface area contributed by atoms with Crippen molar-refractivity contribution in [3.63, 3.8) is 0 Å². The van der Waals surface area contributed by atoms with Crippen LogP contribution in [0.2, 0.25) is 0 Å². The molecule has 106 valence electrons. The van der Waals surface area contributed by atoms with E-state index in [4.69, 9.17) is 9.47 Å². The highest BCUT2D eigenvalue weighted by molar-refractivity contribution is 5.45. The number of hydrogen-bond donors (Lipinski definition) is 1. The maximum atomic E-state index is 13.5. The van der Waals surface area contributed by atoms with Crippen LogP contribution in [0, 0.1) is 12.7 Å². The minimum atomic E-state index is -0.977. The highest BCUT2D eigenvalue weighted by atomic mass is 19.1. The zero-order chi connectivity index (χ0) is 14.7. The van der Waals surface area contributed by atoms with Gasteiger partial charge in [-0.15, -0.1) is 0 Å². The monoisotopic (exact) mass is 276 g/mol. The molecule has 20 heavy (non-hydrogen) atoms. The summed E-state index contributed by atoms with van der Waals surface area (Å²) in [6.07, 6.45) is -0.977. The largest absolute Gasteiger partial charge is 0.497 e. The van der Waals surface area contributed by atoms with Gasteiger partial charge in [-0.05, 0) is 48.4 Å². The number of rotatable bonds is 4. The van der Waals surface area contributed by atoms with E-state index in [2.05, 4.69) is 0 Å². The predicted octanol–water partition coefficient (Wildman–Crippen LogP) is 3.23. The first kappa shape index (κ1) is 14.3. The Balaban J connectivity index is 2.48. The summed E-state index contributed by atoms with van der Waals surface area (Å²) >= 11 is 0. The van der Waals surface area contributed by atoms with Crippen LogP contribution in [0.4, 0.5) is 4.39 Å². The molecule has 0 spiro atoms. The van der Waals surface area contributed by atoms with Crippen LogP contribution in [0.3, 0.4) is 0 Å². The van der Waals surface area contributed by atoms with Gasteiger partial charge in [-0.25, -0.2) is 4.39 Å². The standard InChI is InChI=1S/C16H17FO3/c1-10-6-11(8-12(17)7-10)16(18)14-9-13(19-2)4-5-15(14)20-3/h4-9,16,18H,1-3H3. The van der Waals surface area contributed by atoms with Gasteiger partial charge in [0.1, 0.15) is 23.4 Å². The molecule has 2 aromatic rings. The maximum Gasteiger partial charge on any atom is 0.125 e. The lowest BCUT2D eigenvalue weighted by atomic mass is 9.98. The maximum absolute atomic E-state index is 13.5. The third-order valence-corrected chi connectivity index (χ3v) is 3.11. The third kappa shape index (κ3) is 2.91. The topological polar surface area (TPSA) is 38.7 Å². The van der Waals surface area contributed by atoms with Crippen molar-refractivity contribution in [3.05, 3.63) is 58.9 Å². The summed E-state index contributed by atoms with van der Waals surface area (Å²) in [4.78, 5) is 0. The number of benzene rings is 2. The molecule has 2 rings (SSSR count). The molecule has 0 amide bonds. The average Bonchev–Trinajstić information content (AvgIpc) is 2.44. The normalized spacial score (nSPS) is 12.1. The van der Waals surface area contributed by atoms with Crippen molar-refractivity contribution in [2.24, 2.45) is 0 Å². The minimum Gasteiger partial charge on any atom is -0.497 e. The molecule has 1 N–H and O–H groups in total. The first-order chi connectivity index (χ1) is 9.55. The number of aliphatic hydroxyl groups is 1. The summed E-state index contributed by atoms with van der Waals surface area (Å²) < 4.78 is 23.9. The van der Waals surface area contributed by atoms with Gasteiger partial charge in [0.2, 0.25) is 0 Å². The molecule has 0 aliphatic heterocycles. The number of methoxy groups -OCH3 is 2. The van der Waals surface area contributed by atoms with Crippen molar-refractivity contribution in [1.82, 2.24) is 0 Å². The third-order valence-electron chi connectivity index (χ3n) is 3.11. The minimum absolute atomic E-state index is 0.374. The first-order valence-corrected chi connectivity index (χ1v) is 6.22. The zero-order valence-corrected chi connectivity index (χ0v) is 11.7. The molecule has 0 saturated heterocycles. The van der Waals surface area contributed by atoms with Gasteiger partial charge in [0, 0.05) is 5.56 Å². The molecule has 0 aliphatic rings. The van der Waals surface area contributed by atoms with E-state index in [1.807, 2.05) is 0 Å². The van der Waals surface area contributed by atoms with E-state index < -0.39 is 6.10 Å². The van der Waals surface area contributed by atoms with Crippen LogP contribution >= 0.6 is 0 Å². The second-order valence-corrected chi connectivity index (χ2v) is 4.57. The summed E-state index contributed by atoms with van der Waals surface area (Å²) in [5, 5.41) is 10.5. The molecule has 2 aromatic carbocycles. The molecule has 1 atom stereocenters. The second-order valence-electron chi connectivity index (χ2n) is 4.57. The Hall–Kier alpha value is -2.07. The van der Waals surface area contributed by atoms with E-state index >= 15 is 0 Å². The Morgan fingerprint density at radius 3 is 2.40 bits per heavy atom. The molecule has 0 bridgehead atoms. The second kappa shape index (κ2) is 5.92. The van der Waals surface area contributed by atoms with Crippen LogP contribution in [0.1, 0.15) is 22.8 Å². The van der Waals surface area contributed by atoms with Gasteiger partial charge in [0.25, 0.3) is 0 Å². The van der Waals surface area contributed by atoms with Crippen molar-refractivity contribution in [2.75, 3.05) is 14.2 Å². The van der Waals surface area contributed by atoms with E-state index in [1.165, 1.54) is 19.2 Å². The first-order valence-electron chi connectivity index (χ1n) is 6.22. The van der Waals surface area contributed by atoms with Crippen LogP contribution in [-0.2, 0) is 0 Å². The summed E-state index contributed by atoms with van der Waals surface area (Å²) in [7, 11) is 3.07. The lowest BCUT2D eigenvalue weighted by Gasteiger charge is -2.17. The highest BCUT2D eigenvalue weighted by Crippen LogP contribution is 2.33. The van der Waals surface area contributed by atoms with Crippen molar-refractivity contribution in [1.29, 1.82) is 0 Å². The number of aliphatic hydroxyl groups excluding tert-OH is 1. The van der Waals surface area contributed by atoms with Crippen LogP contribution in [0.5, 0.6) is 11.5 Å². The molecule has 0 fully saturated rings. The van der Waals surface area contributed by atoms with E-state index in [-0.39, 0.29) is 5.82 Å². The Morgan fingerprint density at radius 1 is 1.05 bits per heavy atom. The Morgan fingerprint density at radius 2 is 1.80 bits per heavy atom. The fourth-order valence-corrected chi connectivity index (χ4v) is 2.16. The summed E-state index contributed by atoms with van der Waals surface area (Å²) in [6, 6.07) is 9.61. The van der Waals surface area contributed by atoms with Crippen molar-refractivity contribution in [2.45, 2.75) is 13.0 Å². The van der Waals surface area contributed by atoms with E-state index in [9.17, 15) is 9.50 Å². The summed E-state index contributed by atoms with van der Waals surface area (Å²) in [5.41, 5.74) is 1.77. The van der Waals surface area contributed by atoms with Crippen LogP contribution < -0.4 is 9.47 Å². The van der Waals surface area contributed by atoms with E-state index in [0.717, 1.165) is 5.56 Å². The molecule has 0 heterocycles. The van der Waals surface area contributed by atoms with Gasteiger partial charge in [-0.1, -0.05) is 6.07 Å². The van der Waals surface area contributed by atoms with Gasteiger partial charge < -0.3 is 14.6 Å². The molecule has 0 aliphatic carbocycles. The predicted molar refractivity (Wildman–Crippen MR) is 74.7 cm³/mol. The molecule has 4 heteroatoms. The Kier molecular flexibility index (Phi) is 4.25. The molecule has 3 nitrogen and oxygen atoms in total. The van der Waals surface area contributed by atoms with Crippen LogP contribution in [0.25, 0.3) is 0 Å². The van der Waals surface area contributed by atoms with Gasteiger partial charge in [0.05, 0.1) is 14.2 Å². The van der Waals surface area contributed by atoms with Crippen LogP contribution in [0.15, 0.2) is 36.4 Å². The number of ether oxygens (including phenoxy) is 2. The molecule has 0 aromatic heterocycles. The number of hydrogen-bond acceptors (Lipinski definition) is 3. The van der Waals surface area contributed by atoms with Crippen LogP contribution in [-0.4, -0.2) is 19.3 Å². The fraction of sp³-hybridized carbons (Fsp3) is 0.250. The zero-order valence-electron chi connectivity index (χ0n) is 11.7. The van der Waals surface area contributed by atoms with E-state index in [1.54, 1.807) is 38.3 Å². The quantitative estimate of drug-likeness (QED) is 0.931. The summed E-state index contributed by atoms with van der Waals surface area (Å²) in [6.45, 7) is 1.78. The molecular formula is C16H17FO3. The van der Waals surface area contributed by atoms with Gasteiger partial charge in [0.15, 0.2) is 0 Å². The lowest BCUT2D eigenvalue weighted by Crippen LogP contribution is -2.04. The SMILES string of the molecule is COc1ccc(OC)c(C(O)c2cc(C)cc(F)c2)c1. The van der Waals surface area contributed by atoms with Gasteiger partial charge in [-0.2, -0.15) is 0 Å². The number of aryl methyl sites for hydroxylation is 1. The van der Waals surface area contributed by atoms with E-state index in [0.29, 0.717) is 22.6 Å². The number of halogens is 1. The van der Waals surface area contributed by atoms with Gasteiger partial charge >= 0.3 is 0 Å². The average molecular weight is 276 g/mol. The highest BCUT2D eigenvalue weighted by Gasteiger charge is 2.17. The summed E-state index contributed by atoms with van der Waals surface area (Å²) in [5.74, 6) is 0.758. The molecule has 1 unspecified atom stereocenters. The molecular weight excluding hydrogens is 259 g/mol. The lowest BCUT2D eigenvalue weighted by molar-refractivity contribution is 0.213. The Bertz CT molecular complexity index is 590. The van der Waals surface area contributed by atoms with Crippen molar-refractivity contribution >= 4 is 0 Å². The smallest absolute Gasteiger partial charge is 0.125 e. The fourth-order valence-electron chi connectivity index (χ4n) is 2.16. The molecule has 0 radical (unpaired) electrons. The van der Waals surface area contributed by atoms with Crippen molar-refractivity contribution in [3.8, 4) is 11.5 Å². The molecule has 0 saturated carbocycles. The van der Waals surface area contributed by atoms with Gasteiger partial charge in [-0.3, -0.25) is 0 Å². The Labute approximate surface area is 117 Å².